The molecule has 1 heterocycles. The van der Waals surface area contributed by atoms with Gasteiger partial charge in [-0.2, -0.15) is 5.26 Å². The number of hydrogen-bond donors (Lipinski definition) is 1. The zero-order chi connectivity index (χ0) is 13.1. The number of anilines is 1. The highest BCUT2D eigenvalue weighted by Gasteiger charge is 2.18. The summed E-state index contributed by atoms with van der Waals surface area (Å²) in [5.41, 5.74) is 1.36. The van der Waals surface area contributed by atoms with Gasteiger partial charge in [-0.25, -0.2) is 0 Å². The van der Waals surface area contributed by atoms with Crippen molar-refractivity contribution in [2.45, 2.75) is 31.6 Å². The maximum Gasteiger partial charge on any atom is 0.161 e. The summed E-state index contributed by atoms with van der Waals surface area (Å²) < 4.78 is 0. The van der Waals surface area contributed by atoms with Crippen LogP contribution in [0.2, 0.25) is 5.02 Å². The molecule has 1 N–H and O–H groups in total. The summed E-state index contributed by atoms with van der Waals surface area (Å²) in [5, 5.41) is 14.0. The molecule has 1 aliphatic rings. The van der Waals surface area contributed by atoms with E-state index in [4.69, 9.17) is 16.9 Å². The molecule has 0 saturated heterocycles. The van der Waals surface area contributed by atoms with Crippen molar-refractivity contribution >= 4 is 34.2 Å². The molecule has 1 aromatic carbocycles. The minimum atomic E-state index is 0.345. The molecule has 2 atom stereocenters. The number of halogens is 1. The predicted molar refractivity (Wildman–Crippen MR) is 78.4 cm³/mol. The fourth-order valence-electron chi connectivity index (χ4n) is 1.87. The van der Waals surface area contributed by atoms with Gasteiger partial charge in [0.1, 0.15) is 6.07 Å². The Kier molecular flexibility index (Phi) is 4.15. The lowest BCUT2D eigenvalue weighted by molar-refractivity contribution is 0.661. The largest absolute Gasteiger partial charge is 0.335 e. The summed E-state index contributed by atoms with van der Waals surface area (Å²) in [5.74, 6) is 0. The van der Waals surface area contributed by atoms with E-state index in [1.165, 1.54) is 0 Å². The molecule has 1 aromatic rings. The number of hydrogen-bond acceptors (Lipinski definition) is 4. The first kappa shape index (κ1) is 13.3. The van der Waals surface area contributed by atoms with Crippen LogP contribution < -0.4 is 5.32 Å². The molecule has 2 rings (SSSR count). The summed E-state index contributed by atoms with van der Waals surface area (Å²) in [4.78, 5) is 4.56. The average molecular weight is 280 g/mol. The summed E-state index contributed by atoms with van der Waals surface area (Å²) in [6.07, 6.45) is 1.10. The zero-order valence-electron chi connectivity index (χ0n) is 10.3. The van der Waals surface area contributed by atoms with Gasteiger partial charge in [0, 0.05) is 10.9 Å². The van der Waals surface area contributed by atoms with Gasteiger partial charge in [0.15, 0.2) is 5.17 Å². The highest BCUT2D eigenvalue weighted by Crippen LogP contribution is 2.27. The number of nitrogens with one attached hydrogen (secondary N) is 1. The summed E-state index contributed by atoms with van der Waals surface area (Å²) in [7, 11) is 0. The maximum atomic E-state index is 8.82. The Morgan fingerprint density at radius 3 is 2.89 bits per heavy atom. The van der Waals surface area contributed by atoms with E-state index in [0.29, 0.717) is 21.9 Å². The van der Waals surface area contributed by atoms with Crippen LogP contribution in [0.3, 0.4) is 0 Å². The summed E-state index contributed by atoms with van der Waals surface area (Å²) in [6, 6.07) is 7.71. The van der Waals surface area contributed by atoms with E-state index in [1.54, 1.807) is 23.9 Å². The fourth-order valence-corrected chi connectivity index (χ4v) is 3.27. The second-order valence-electron chi connectivity index (χ2n) is 4.38. The van der Waals surface area contributed by atoms with E-state index in [1.807, 2.05) is 12.1 Å². The van der Waals surface area contributed by atoms with Gasteiger partial charge in [-0.05, 0) is 31.5 Å². The third kappa shape index (κ3) is 3.18. The third-order valence-corrected chi connectivity index (χ3v) is 4.00. The molecular formula is C13H14ClN3S. The molecule has 18 heavy (non-hydrogen) atoms. The van der Waals surface area contributed by atoms with Crippen LogP contribution in [-0.2, 0) is 0 Å². The second kappa shape index (κ2) is 5.64. The highest BCUT2D eigenvalue weighted by atomic mass is 35.5. The van der Waals surface area contributed by atoms with E-state index in [9.17, 15) is 0 Å². The van der Waals surface area contributed by atoms with E-state index < -0.39 is 0 Å². The molecule has 5 heteroatoms. The van der Waals surface area contributed by atoms with Gasteiger partial charge in [-0.1, -0.05) is 30.3 Å². The minimum absolute atomic E-state index is 0.345. The Balaban J connectivity index is 2.15. The van der Waals surface area contributed by atoms with Crippen molar-refractivity contribution in [3.8, 4) is 6.07 Å². The Morgan fingerprint density at radius 2 is 2.28 bits per heavy atom. The van der Waals surface area contributed by atoms with Crippen molar-refractivity contribution < 1.29 is 0 Å². The SMILES string of the molecule is CC1CC(C)SC(Nc2ccc(C#N)c(Cl)c2)=N1. The molecule has 0 spiro atoms. The van der Waals surface area contributed by atoms with Crippen molar-refractivity contribution in [3.05, 3.63) is 28.8 Å². The molecule has 0 saturated carbocycles. The lowest BCUT2D eigenvalue weighted by atomic mass is 10.2. The standard InChI is InChI=1S/C13H14ClN3S/c1-8-5-9(2)18-13(16-8)17-11-4-3-10(7-15)12(14)6-11/h3-4,6,8-9H,5H2,1-2H3,(H,16,17). The molecule has 1 aliphatic heterocycles. The van der Waals surface area contributed by atoms with Crippen LogP contribution in [0.15, 0.2) is 23.2 Å². The van der Waals surface area contributed by atoms with Gasteiger partial charge >= 0.3 is 0 Å². The molecule has 0 amide bonds. The van der Waals surface area contributed by atoms with Crippen molar-refractivity contribution in [1.29, 1.82) is 5.26 Å². The number of nitrogens with zero attached hydrogens (tertiary/aromatic N) is 2. The van der Waals surface area contributed by atoms with Gasteiger partial charge in [0.2, 0.25) is 0 Å². The number of thioether (sulfide) groups is 1. The van der Waals surface area contributed by atoms with Crippen LogP contribution in [0.1, 0.15) is 25.8 Å². The Morgan fingerprint density at radius 1 is 1.50 bits per heavy atom. The molecular weight excluding hydrogens is 266 g/mol. The average Bonchev–Trinajstić information content (AvgIpc) is 2.27. The molecule has 0 bridgehead atoms. The minimum Gasteiger partial charge on any atom is -0.335 e. The normalized spacial score (nSPS) is 23.1. The van der Waals surface area contributed by atoms with Crippen molar-refractivity contribution in [2.24, 2.45) is 4.99 Å². The molecule has 0 radical (unpaired) electrons. The topological polar surface area (TPSA) is 48.2 Å². The molecule has 0 fully saturated rings. The fraction of sp³-hybridized carbons (Fsp3) is 0.385. The molecule has 94 valence electrons. The Bertz CT molecular complexity index is 521. The van der Waals surface area contributed by atoms with Crippen LogP contribution >= 0.6 is 23.4 Å². The Labute approximate surface area is 116 Å². The first-order valence-corrected chi connectivity index (χ1v) is 7.05. The first-order valence-electron chi connectivity index (χ1n) is 5.79. The number of rotatable bonds is 1. The van der Waals surface area contributed by atoms with Gasteiger partial charge in [0.05, 0.1) is 16.6 Å². The molecule has 0 aromatic heterocycles. The number of amidine groups is 1. The smallest absolute Gasteiger partial charge is 0.161 e. The zero-order valence-corrected chi connectivity index (χ0v) is 11.8. The van der Waals surface area contributed by atoms with Crippen molar-refractivity contribution in [2.75, 3.05) is 5.32 Å². The molecule has 3 nitrogen and oxygen atoms in total. The van der Waals surface area contributed by atoms with E-state index in [2.05, 4.69) is 24.2 Å². The van der Waals surface area contributed by atoms with Gasteiger partial charge in [-0.3, -0.25) is 4.99 Å². The Hall–Kier alpha value is -1.18. The summed E-state index contributed by atoms with van der Waals surface area (Å²) >= 11 is 7.73. The lowest BCUT2D eigenvalue weighted by Crippen LogP contribution is -2.22. The molecule has 0 aliphatic carbocycles. The monoisotopic (exact) mass is 279 g/mol. The van der Waals surface area contributed by atoms with Crippen LogP contribution in [0, 0.1) is 11.3 Å². The number of benzene rings is 1. The third-order valence-electron chi connectivity index (χ3n) is 2.66. The van der Waals surface area contributed by atoms with Crippen LogP contribution in [0.5, 0.6) is 0 Å². The number of nitriles is 1. The van der Waals surface area contributed by atoms with Crippen LogP contribution in [0.25, 0.3) is 0 Å². The quantitative estimate of drug-likeness (QED) is 0.848. The predicted octanol–water partition coefficient (Wildman–Crippen LogP) is 3.89. The number of aliphatic imine (C=N–C) groups is 1. The maximum absolute atomic E-state index is 8.82. The first-order chi connectivity index (χ1) is 8.58. The van der Waals surface area contributed by atoms with E-state index in [-0.39, 0.29) is 0 Å². The highest BCUT2D eigenvalue weighted by molar-refractivity contribution is 8.14. The van der Waals surface area contributed by atoms with Gasteiger partial charge in [0.25, 0.3) is 0 Å². The van der Waals surface area contributed by atoms with Gasteiger partial charge < -0.3 is 5.32 Å². The lowest BCUT2D eigenvalue weighted by Gasteiger charge is -2.23. The molecule has 2 unspecified atom stereocenters. The van der Waals surface area contributed by atoms with Crippen molar-refractivity contribution in [1.82, 2.24) is 0 Å². The van der Waals surface area contributed by atoms with Gasteiger partial charge in [-0.15, -0.1) is 0 Å². The van der Waals surface area contributed by atoms with Crippen LogP contribution in [0.4, 0.5) is 5.69 Å². The summed E-state index contributed by atoms with van der Waals surface area (Å²) in [6.45, 7) is 4.31. The van der Waals surface area contributed by atoms with Crippen molar-refractivity contribution in [3.63, 3.8) is 0 Å². The van der Waals surface area contributed by atoms with Crippen LogP contribution in [-0.4, -0.2) is 16.5 Å². The van der Waals surface area contributed by atoms with E-state index >= 15 is 0 Å². The second-order valence-corrected chi connectivity index (χ2v) is 6.21. The van der Waals surface area contributed by atoms with E-state index in [0.717, 1.165) is 17.3 Å².